The normalized spacial score (nSPS) is 10.6. The van der Waals surface area contributed by atoms with Crippen molar-refractivity contribution < 1.29 is 4.79 Å². The molecule has 0 aliphatic rings. The molecule has 0 atom stereocenters. The lowest BCUT2D eigenvalue weighted by Crippen LogP contribution is -2.36. The molecule has 2 rings (SSSR count). The number of carbonyl (C=O) groups excluding carboxylic acids is 1. The molecule has 1 N–H and O–H groups in total. The van der Waals surface area contributed by atoms with Gasteiger partial charge < -0.3 is 4.98 Å². The second-order valence-corrected chi connectivity index (χ2v) is 6.55. The topological polar surface area (TPSA) is 71.9 Å². The van der Waals surface area contributed by atoms with Crippen molar-refractivity contribution >= 4 is 53.6 Å². The van der Waals surface area contributed by atoms with Crippen molar-refractivity contribution in [1.82, 2.24) is 9.55 Å². The maximum atomic E-state index is 12.3. The fourth-order valence-electron chi connectivity index (χ4n) is 1.68. The molecule has 0 unspecified atom stereocenters. The Labute approximate surface area is 138 Å². The predicted molar refractivity (Wildman–Crippen MR) is 85.8 cm³/mol. The van der Waals surface area contributed by atoms with E-state index in [1.807, 2.05) is 0 Å². The lowest BCUT2D eigenvalue weighted by atomic mass is 10.2. The molecule has 20 heavy (non-hydrogen) atoms. The number of rotatable bonds is 2. The molecule has 0 saturated heterocycles. The number of benzene rings is 1. The zero-order valence-corrected chi connectivity index (χ0v) is 14.8. The molecule has 0 aliphatic carbocycles. The first-order valence-corrected chi connectivity index (χ1v) is 7.71. The maximum absolute atomic E-state index is 12.3. The molecule has 1 aromatic carbocycles. The summed E-state index contributed by atoms with van der Waals surface area (Å²) in [5.74, 6) is -0.413. The van der Waals surface area contributed by atoms with Crippen LogP contribution in [0.1, 0.15) is 17.3 Å². The zero-order chi connectivity index (χ0) is 15.0. The van der Waals surface area contributed by atoms with Gasteiger partial charge in [0.25, 0.3) is 5.56 Å². The zero-order valence-electron chi connectivity index (χ0n) is 10.0. The highest BCUT2D eigenvalue weighted by atomic mass is 79.9. The van der Waals surface area contributed by atoms with Gasteiger partial charge in [-0.15, -0.1) is 0 Å². The quantitative estimate of drug-likeness (QED) is 0.691. The number of ketones is 1. The molecular formula is C12H7Br3N2O3. The highest BCUT2D eigenvalue weighted by Gasteiger charge is 2.17. The number of hydrogen-bond acceptors (Lipinski definition) is 3. The molecule has 0 aliphatic heterocycles. The molecule has 1 aromatic heterocycles. The van der Waals surface area contributed by atoms with Crippen LogP contribution in [-0.4, -0.2) is 15.3 Å². The van der Waals surface area contributed by atoms with E-state index >= 15 is 0 Å². The van der Waals surface area contributed by atoms with Crippen LogP contribution in [0, 0.1) is 0 Å². The number of Topliss-reactive ketones (excluding diaryl/α,β-unsaturated/α-hetero) is 1. The number of hydrogen-bond donors (Lipinski definition) is 1. The fourth-order valence-corrected chi connectivity index (χ4v) is 4.29. The largest absolute Gasteiger partial charge is 0.333 e. The Balaban J connectivity index is 2.91. The summed E-state index contributed by atoms with van der Waals surface area (Å²) >= 11 is 9.92. The summed E-state index contributed by atoms with van der Waals surface area (Å²) in [7, 11) is 0. The van der Waals surface area contributed by atoms with Crippen LogP contribution in [0.15, 0.2) is 41.3 Å². The van der Waals surface area contributed by atoms with Crippen LogP contribution in [0.4, 0.5) is 0 Å². The lowest BCUT2D eigenvalue weighted by Gasteiger charge is -2.10. The van der Waals surface area contributed by atoms with E-state index in [9.17, 15) is 14.4 Å². The molecular weight excluding hydrogens is 460 g/mol. The Kier molecular flexibility index (Phi) is 4.46. The van der Waals surface area contributed by atoms with Gasteiger partial charge in [-0.05, 0) is 50.9 Å². The van der Waals surface area contributed by atoms with Crippen LogP contribution in [0.25, 0.3) is 5.69 Å². The molecule has 0 radical (unpaired) electrons. The third-order valence-corrected chi connectivity index (χ3v) is 4.23. The Hall–Kier alpha value is -0.990. The minimum Gasteiger partial charge on any atom is -0.313 e. The number of nitrogens with one attached hydrogen (secondary N) is 1. The number of H-pyrrole nitrogens is 1. The monoisotopic (exact) mass is 464 g/mol. The highest BCUT2D eigenvalue weighted by Crippen LogP contribution is 2.31. The van der Waals surface area contributed by atoms with Crippen LogP contribution in [0.3, 0.4) is 0 Å². The molecule has 0 bridgehead atoms. The predicted octanol–water partition coefficient (Wildman–Crippen LogP) is 3.02. The van der Waals surface area contributed by atoms with E-state index in [-0.39, 0.29) is 5.56 Å². The van der Waals surface area contributed by atoms with Crippen molar-refractivity contribution in [3.8, 4) is 5.69 Å². The molecule has 0 amide bonds. The van der Waals surface area contributed by atoms with E-state index in [4.69, 9.17) is 0 Å². The average Bonchev–Trinajstić information content (AvgIpc) is 2.31. The third-order valence-electron chi connectivity index (χ3n) is 2.56. The van der Waals surface area contributed by atoms with E-state index < -0.39 is 17.0 Å². The van der Waals surface area contributed by atoms with Gasteiger partial charge in [0.15, 0.2) is 5.78 Å². The SMILES string of the molecule is CC(=O)c1c[nH]c(=O)n(-c2c(Br)cc(Br)cc2Br)c1=O. The molecule has 0 spiro atoms. The second kappa shape index (κ2) is 5.79. The van der Waals surface area contributed by atoms with Gasteiger partial charge in [0.2, 0.25) is 0 Å². The molecule has 5 nitrogen and oxygen atoms in total. The fraction of sp³-hybridized carbons (Fsp3) is 0.0833. The number of aromatic nitrogens is 2. The number of carbonyl (C=O) groups is 1. The standard InChI is InChI=1S/C12H7Br3N2O3/c1-5(18)7-4-16-12(20)17(11(7)19)10-8(14)2-6(13)3-9(10)15/h2-4H,1H3,(H,16,20). The third kappa shape index (κ3) is 2.72. The molecule has 1 heterocycles. The Morgan fingerprint density at radius 2 is 1.70 bits per heavy atom. The minimum atomic E-state index is -0.662. The Bertz CT molecular complexity index is 800. The van der Waals surface area contributed by atoms with Gasteiger partial charge in [0.05, 0.1) is 11.3 Å². The van der Waals surface area contributed by atoms with Gasteiger partial charge in [-0.25, -0.2) is 9.36 Å². The second-order valence-electron chi connectivity index (χ2n) is 3.92. The summed E-state index contributed by atoms with van der Waals surface area (Å²) in [5.41, 5.74) is -1.03. The van der Waals surface area contributed by atoms with E-state index in [1.54, 1.807) is 12.1 Å². The van der Waals surface area contributed by atoms with Crippen molar-refractivity contribution in [2.45, 2.75) is 6.92 Å². The van der Waals surface area contributed by atoms with Crippen LogP contribution >= 0.6 is 47.8 Å². The summed E-state index contributed by atoms with van der Waals surface area (Å²) in [4.78, 5) is 38.0. The van der Waals surface area contributed by atoms with Crippen LogP contribution < -0.4 is 11.2 Å². The van der Waals surface area contributed by atoms with Crippen LogP contribution in [-0.2, 0) is 0 Å². The molecule has 104 valence electrons. The molecule has 0 fully saturated rings. The molecule has 8 heteroatoms. The first kappa shape index (κ1) is 15.4. The first-order valence-electron chi connectivity index (χ1n) is 5.33. The van der Waals surface area contributed by atoms with Gasteiger partial charge in [-0.2, -0.15) is 0 Å². The Morgan fingerprint density at radius 3 is 2.20 bits per heavy atom. The van der Waals surface area contributed by atoms with Crippen molar-refractivity contribution in [3.63, 3.8) is 0 Å². The molecule has 0 saturated carbocycles. The summed E-state index contributed by atoms with van der Waals surface area (Å²) in [6, 6.07) is 3.40. The van der Waals surface area contributed by atoms with Crippen molar-refractivity contribution in [1.29, 1.82) is 0 Å². The van der Waals surface area contributed by atoms with Crippen molar-refractivity contribution in [2.24, 2.45) is 0 Å². The van der Waals surface area contributed by atoms with Gasteiger partial charge in [0, 0.05) is 19.6 Å². The number of aromatic amines is 1. The van der Waals surface area contributed by atoms with Crippen molar-refractivity contribution in [2.75, 3.05) is 0 Å². The van der Waals surface area contributed by atoms with E-state index in [0.717, 1.165) is 15.2 Å². The summed E-state index contributed by atoms with van der Waals surface area (Å²) in [5, 5.41) is 0. The van der Waals surface area contributed by atoms with Crippen molar-refractivity contribution in [3.05, 3.63) is 58.1 Å². The van der Waals surface area contributed by atoms with Crippen LogP contribution in [0.5, 0.6) is 0 Å². The minimum absolute atomic E-state index is 0.0775. The van der Waals surface area contributed by atoms with E-state index in [1.165, 1.54) is 6.92 Å². The van der Waals surface area contributed by atoms with E-state index in [0.29, 0.717) is 14.6 Å². The lowest BCUT2D eigenvalue weighted by molar-refractivity contribution is 0.101. The van der Waals surface area contributed by atoms with Gasteiger partial charge in [-0.3, -0.25) is 9.59 Å². The number of halogens is 3. The summed E-state index contributed by atoms with van der Waals surface area (Å²) in [6.07, 6.45) is 1.13. The average molecular weight is 467 g/mol. The summed E-state index contributed by atoms with van der Waals surface area (Å²) < 4.78 is 2.75. The number of nitrogens with zero attached hydrogens (tertiary/aromatic N) is 1. The maximum Gasteiger partial charge on any atom is 0.333 e. The van der Waals surface area contributed by atoms with Crippen LogP contribution in [0.2, 0.25) is 0 Å². The highest BCUT2D eigenvalue weighted by molar-refractivity contribution is 9.11. The summed E-state index contributed by atoms with van der Waals surface area (Å²) in [6.45, 7) is 1.27. The first-order chi connectivity index (χ1) is 9.32. The van der Waals surface area contributed by atoms with Gasteiger partial charge in [0.1, 0.15) is 0 Å². The van der Waals surface area contributed by atoms with Gasteiger partial charge >= 0.3 is 5.69 Å². The van der Waals surface area contributed by atoms with Gasteiger partial charge in [-0.1, -0.05) is 15.9 Å². The smallest absolute Gasteiger partial charge is 0.313 e. The molecule has 2 aromatic rings. The Morgan fingerprint density at radius 1 is 1.15 bits per heavy atom. The van der Waals surface area contributed by atoms with E-state index in [2.05, 4.69) is 52.8 Å².